The third-order valence-corrected chi connectivity index (χ3v) is 5.15. The van der Waals surface area contributed by atoms with Gasteiger partial charge in [0.15, 0.2) is 0 Å². The molecule has 0 bridgehead atoms. The van der Waals surface area contributed by atoms with E-state index in [0.717, 1.165) is 33.7 Å². The smallest absolute Gasteiger partial charge is 0.340 e. The molecule has 2 heterocycles. The maximum Gasteiger partial charge on any atom is 0.340 e. The SMILES string of the molecule is COC(=O)c1c(C(C)C)nc2c(c1-c1ccc(F)cc1)CCOc1ccccc1-2. The molecule has 0 spiro atoms. The van der Waals surface area contributed by atoms with Gasteiger partial charge in [-0.05, 0) is 41.3 Å². The van der Waals surface area contributed by atoms with Crippen molar-refractivity contribution in [2.75, 3.05) is 13.7 Å². The van der Waals surface area contributed by atoms with Crippen LogP contribution in [-0.2, 0) is 11.2 Å². The topological polar surface area (TPSA) is 48.4 Å². The Hall–Kier alpha value is -3.21. The highest BCUT2D eigenvalue weighted by molar-refractivity contribution is 6.01. The summed E-state index contributed by atoms with van der Waals surface area (Å²) in [6.45, 7) is 4.45. The first kappa shape index (κ1) is 19.1. The van der Waals surface area contributed by atoms with Crippen LogP contribution in [0.25, 0.3) is 22.4 Å². The predicted molar refractivity (Wildman–Crippen MR) is 110 cm³/mol. The number of carbonyl (C=O) groups excluding carboxylic acids is 1. The number of benzene rings is 2. The monoisotopic (exact) mass is 391 g/mol. The van der Waals surface area contributed by atoms with Gasteiger partial charge < -0.3 is 9.47 Å². The lowest BCUT2D eigenvalue weighted by molar-refractivity contribution is 0.0599. The summed E-state index contributed by atoms with van der Waals surface area (Å²) < 4.78 is 24.7. The number of hydrogen-bond acceptors (Lipinski definition) is 4. The fraction of sp³-hybridized carbons (Fsp3) is 0.250. The van der Waals surface area contributed by atoms with Gasteiger partial charge >= 0.3 is 5.97 Å². The Kier molecular flexibility index (Phi) is 5.05. The van der Waals surface area contributed by atoms with Crippen LogP contribution in [0.2, 0.25) is 0 Å². The normalized spacial score (nSPS) is 12.6. The van der Waals surface area contributed by atoms with Gasteiger partial charge in [-0.3, -0.25) is 4.98 Å². The predicted octanol–water partition coefficient (Wildman–Crippen LogP) is 5.40. The zero-order chi connectivity index (χ0) is 20.5. The Morgan fingerprint density at radius 1 is 1.14 bits per heavy atom. The van der Waals surface area contributed by atoms with E-state index in [2.05, 4.69) is 0 Å². The fourth-order valence-corrected chi connectivity index (χ4v) is 3.82. The molecule has 3 aromatic rings. The molecule has 1 aliphatic heterocycles. The van der Waals surface area contributed by atoms with E-state index in [1.165, 1.54) is 19.2 Å². The van der Waals surface area contributed by atoms with Crippen LogP contribution >= 0.6 is 0 Å². The van der Waals surface area contributed by atoms with Crippen molar-refractivity contribution in [2.45, 2.75) is 26.2 Å². The molecule has 4 rings (SSSR count). The molecule has 1 aliphatic rings. The van der Waals surface area contributed by atoms with Gasteiger partial charge in [-0.2, -0.15) is 0 Å². The third-order valence-electron chi connectivity index (χ3n) is 5.15. The minimum Gasteiger partial charge on any atom is -0.493 e. The number of ether oxygens (including phenoxy) is 2. The summed E-state index contributed by atoms with van der Waals surface area (Å²) >= 11 is 0. The molecule has 0 unspecified atom stereocenters. The summed E-state index contributed by atoms with van der Waals surface area (Å²) in [5, 5.41) is 0. The largest absolute Gasteiger partial charge is 0.493 e. The van der Waals surface area contributed by atoms with Crippen molar-refractivity contribution < 1.29 is 18.7 Å². The van der Waals surface area contributed by atoms with Crippen molar-refractivity contribution in [2.24, 2.45) is 0 Å². The van der Waals surface area contributed by atoms with Crippen molar-refractivity contribution in [1.82, 2.24) is 4.98 Å². The number of aromatic nitrogens is 1. The minimum absolute atomic E-state index is 0.00932. The van der Waals surface area contributed by atoms with Crippen LogP contribution in [0.5, 0.6) is 5.75 Å². The Labute approximate surface area is 169 Å². The van der Waals surface area contributed by atoms with Gasteiger partial charge in [-0.25, -0.2) is 9.18 Å². The van der Waals surface area contributed by atoms with E-state index in [9.17, 15) is 9.18 Å². The number of nitrogens with zero attached hydrogens (tertiary/aromatic N) is 1. The molecule has 148 valence electrons. The van der Waals surface area contributed by atoms with E-state index in [1.807, 2.05) is 38.1 Å². The summed E-state index contributed by atoms with van der Waals surface area (Å²) in [6, 6.07) is 14.0. The molecule has 0 saturated carbocycles. The van der Waals surface area contributed by atoms with Gasteiger partial charge in [0.2, 0.25) is 0 Å². The second-order valence-electron chi connectivity index (χ2n) is 7.32. The average molecular weight is 391 g/mol. The van der Waals surface area contributed by atoms with Gasteiger partial charge in [0.25, 0.3) is 0 Å². The maximum absolute atomic E-state index is 13.6. The lowest BCUT2D eigenvalue weighted by Gasteiger charge is -2.21. The van der Waals surface area contributed by atoms with Gasteiger partial charge in [0, 0.05) is 17.5 Å². The molecule has 0 fully saturated rings. The third kappa shape index (κ3) is 3.37. The zero-order valence-corrected chi connectivity index (χ0v) is 16.7. The van der Waals surface area contributed by atoms with Crippen molar-refractivity contribution in [3.8, 4) is 28.1 Å². The average Bonchev–Trinajstić information content (AvgIpc) is 2.92. The number of rotatable bonds is 3. The van der Waals surface area contributed by atoms with E-state index < -0.39 is 5.97 Å². The summed E-state index contributed by atoms with van der Waals surface area (Å²) in [6.07, 6.45) is 0.575. The summed E-state index contributed by atoms with van der Waals surface area (Å²) in [7, 11) is 1.37. The summed E-state index contributed by atoms with van der Waals surface area (Å²) in [4.78, 5) is 17.8. The number of para-hydroxylation sites is 1. The molecule has 0 N–H and O–H groups in total. The van der Waals surface area contributed by atoms with Crippen molar-refractivity contribution >= 4 is 5.97 Å². The molecule has 0 amide bonds. The molecule has 0 atom stereocenters. The number of halogens is 1. The zero-order valence-electron chi connectivity index (χ0n) is 16.7. The lowest BCUT2D eigenvalue weighted by Crippen LogP contribution is -2.15. The van der Waals surface area contributed by atoms with Crippen LogP contribution in [0, 0.1) is 5.82 Å². The number of esters is 1. The van der Waals surface area contributed by atoms with Crippen LogP contribution in [0.4, 0.5) is 4.39 Å². The van der Waals surface area contributed by atoms with Crippen molar-refractivity contribution in [3.63, 3.8) is 0 Å². The number of methoxy groups -OCH3 is 1. The van der Waals surface area contributed by atoms with Crippen LogP contribution in [0.1, 0.15) is 41.4 Å². The first-order valence-corrected chi connectivity index (χ1v) is 9.64. The highest BCUT2D eigenvalue weighted by atomic mass is 19.1. The van der Waals surface area contributed by atoms with Gasteiger partial charge in [0.1, 0.15) is 11.6 Å². The van der Waals surface area contributed by atoms with Crippen molar-refractivity contribution in [3.05, 3.63) is 71.2 Å². The number of hydrogen-bond donors (Lipinski definition) is 0. The lowest BCUT2D eigenvalue weighted by atomic mass is 9.87. The van der Waals surface area contributed by atoms with Crippen LogP contribution in [0.3, 0.4) is 0 Å². The molecule has 0 radical (unpaired) electrons. The molecule has 5 heteroatoms. The number of pyridine rings is 1. The fourth-order valence-electron chi connectivity index (χ4n) is 3.82. The van der Waals surface area contributed by atoms with E-state index in [1.54, 1.807) is 12.1 Å². The molecular weight excluding hydrogens is 369 g/mol. The summed E-state index contributed by atoms with van der Waals surface area (Å²) in [5.41, 5.74) is 5.19. The minimum atomic E-state index is -0.443. The second-order valence-corrected chi connectivity index (χ2v) is 7.32. The highest BCUT2D eigenvalue weighted by Crippen LogP contribution is 2.42. The molecular formula is C24H22FNO3. The van der Waals surface area contributed by atoms with E-state index in [-0.39, 0.29) is 11.7 Å². The molecule has 29 heavy (non-hydrogen) atoms. The Balaban J connectivity index is 2.13. The van der Waals surface area contributed by atoms with E-state index >= 15 is 0 Å². The first-order valence-electron chi connectivity index (χ1n) is 9.64. The van der Waals surface area contributed by atoms with E-state index in [4.69, 9.17) is 14.5 Å². The second kappa shape index (κ2) is 7.66. The first-order chi connectivity index (χ1) is 14.0. The molecule has 2 aromatic carbocycles. The summed E-state index contributed by atoms with van der Waals surface area (Å²) in [5.74, 6) is -0.0117. The molecule has 1 aromatic heterocycles. The maximum atomic E-state index is 13.6. The highest BCUT2D eigenvalue weighted by Gasteiger charge is 2.29. The molecule has 4 nitrogen and oxygen atoms in total. The number of carbonyl (C=O) groups is 1. The van der Waals surface area contributed by atoms with Gasteiger partial charge in [-0.15, -0.1) is 0 Å². The Morgan fingerprint density at radius 2 is 1.86 bits per heavy atom. The van der Waals surface area contributed by atoms with Crippen molar-refractivity contribution in [1.29, 1.82) is 0 Å². The number of fused-ring (bicyclic) bond motifs is 3. The quantitative estimate of drug-likeness (QED) is 0.561. The molecule has 0 aliphatic carbocycles. The Morgan fingerprint density at radius 3 is 2.55 bits per heavy atom. The molecule has 0 saturated heterocycles. The van der Waals surface area contributed by atoms with E-state index in [0.29, 0.717) is 24.3 Å². The van der Waals surface area contributed by atoms with Crippen LogP contribution in [0.15, 0.2) is 48.5 Å². The Bertz CT molecular complexity index is 1070. The standard InChI is InChI=1S/C24H22FNO3/c1-14(2)22-21(24(27)28-3)20(15-8-10-16(25)11-9-15)18-12-13-29-19-7-5-4-6-17(19)23(18)26-22/h4-11,14H,12-13H2,1-3H3. The van der Waals surface area contributed by atoms with Crippen LogP contribution < -0.4 is 4.74 Å². The van der Waals surface area contributed by atoms with Gasteiger partial charge in [-0.1, -0.05) is 38.1 Å². The van der Waals surface area contributed by atoms with Crippen LogP contribution in [-0.4, -0.2) is 24.7 Å². The van der Waals surface area contributed by atoms with Gasteiger partial charge in [0.05, 0.1) is 30.7 Å².